The average molecular weight is 807 g/mol. The van der Waals surface area contributed by atoms with Crippen molar-refractivity contribution < 1.29 is 4.74 Å². The Balaban J connectivity index is 0.992. The number of benzene rings is 8. The zero-order valence-electron chi connectivity index (χ0n) is 34.4. The maximum absolute atomic E-state index is 7.16. The quantitative estimate of drug-likeness (QED) is 0.167. The summed E-state index contributed by atoms with van der Waals surface area (Å²) in [7, 11) is 0. The van der Waals surface area contributed by atoms with Crippen LogP contribution in [0, 0.1) is 6.92 Å². The lowest BCUT2D eigenvalue weighted by Gasteiger charge is -2.40. The first kappa shape index (κ1) is 36.6. The minimum absolute atomic E-state index is 0.600. The molecule has 0 radical (unpaired) electrons. The molecule has 10 aromatic rings. The average Bonchev–Trinajstić information content (AvgIpc) is 3.65. The molecule has 0 atom stereocenters. The first-order valence-corrected chi connectivity index (χ1v) is 21.3. The molecule has 1 aliphatic carbocycles. The van der Waals surface area contributed by atoms with Crippen molar-refractivity contribution in [2.45, 2.75) is 12.3 Å². The van der Waals surface area contributed by atoms with Gasteiger partial charge in [-0.2, -0.15) is 0 Å². The van der Waals surface area contributed by atoms with E-state index >= 15 is 0 Å². The second-order valence-electron chi connectivity index (χ2n) is 16.2. The Labute approximate surface area is 366 Å². The summed E-state index contributed by atoms with van der Waals surface area (Å²) in [4.78, 5) is 19.2. The van der Waals surface area contributed by atoms with Crippen LogP contribution in [-0.2, 0) is 5.41 Å². The molecule has 0 amide bonds. The van der Waals surface area contributed by atoms with E-state index in [0.717, 1.165) is 84.0 Å². The second kappa shape index (κ2) is 14.7. The third-order valence-corrected chi connectivity index (χ3v) is 12.7. The van der Waals surface area contributed by atoms with Crippen molar-refractivity contribution in [1.82, 2.24) is 19.9 Å². The Bertz CT molecular complexity index is 3340. The fraction of sp³-hybridized carbons (Fsp3) is 0.0345. The first-order valence-electron chi connectivity index (χ1n) is 21.3. The largest absolute Gasteiger partial charge is 0.456 e. The van der Waals surface area contributed by atoms with Gasteiger partial charge in [-0.15, -0.1) is 0 Å². The third-order valence-electron chi connectivity index (χ3n) is 12.7. The number of fused-ring (bicyclic) bond motifs is 9. The Kier molecular flexibility index (Phi) is 8.54. The highest BCUT2D eigenvalue weighted by molar-refractivity contribution is 5.91. The van der Waals surface area contributed by atoms with Gasteiger partial charge in [0.2, 0.25) is 0 Å². The number of aryl methyl sites for hydroxylation is 1. The molecule has 12 rings (SSSR count). The topological polar surface area (TPSA) is 60.8 Å². The molecule has 8 aromatic carbocycles. The van der Waals surface area contributed by atoms with Gasteiger partial charge < -0.3 is 4.74 Å². The molecule has 2 aliphatic rings. The first-order chi connectivity index (χ1) is 31.1. The molecule has 1 spiro atoms. The van der Waals surface area contributed by atoms with E-state index in [9.17, 15) is 0 Å². The summed E-state index contributed by atoms with van der Waals surface area (Å²) in [5.41, 5.74) is 18.0. The van der Waals surface area contributed by atoms with Gasteiger partial charge in [0, 0.05) is 39.6 Å². The van der Waals surface area contributed by atoms with Crippen LogP contribution in [0.5, 0.6) is 11.5 Å². The molecular weight excluding hydrogens is 769 g/mol. The van der Waals surface area contributed by atoms with Crippen molar-refractivity contribution in [3.05, 3.63) is 241 Å². The van der Waals surface area contributed by atoms with E-state index in [1.165, 1.54) is 22.3 Å². The molecular formula is C58H38N4O. The lowest BCUT2D eigenvalue weighted by Crippen LogP contribution is -2.32. The Morgan fingerprint density at radius 2 is 0.921 bits per heavy atom. The van der Waals surface area contributed by atoms with E-state index in [2.05, 4.69) is 200 Å². The molecule has 0 unspecified atom stereocenters. The highest BCUT2D eigenvalue weighted by Gasteiger charge is 2.51. The van der Waals surface area contributed by atoms with Gasteiger partial charge in [0.05, 0.1) is 11.1 Å². The third kappa shape index (κ3) is 5.93. The smallest absolute Gasteiger partial charge is 0.163 e. The van der Waals surface area contributed by atoms with Crippen molar-refractivity contribution in [2.24, 2.45) is 0 Å². The van der Waals surface area contributed by atoms with Crippen LogP contribution in [0.25, 0.3) is 78.5 Å². The number of hydrogen-bond donors (Lipinski definition) is 0. The van der Waals surface area contributed by atoms with Crippen molar-refractivity contribution in [3.63, 3.8) is 0 Å². The summed E-state index contributed by atoms with van der Waals surface area (Å²) in [6.45, 7) is 2.12. The van der Waals surface area contributed by atoms with E-state index in [-0.39, 0.29) is 0 Å². The number of hydrogen-bond acceptors (Lipinski definition) is 5. The Hall–Kier alpha value is -8.28. The minimum Gasteiger partial charge on any atom is -0.456 e. The van der Waals surface area contributed by atoms with Crippen LogP contribution in [0.4, 0.5) is 0 Å². The van der Waals surface area contributed by atoms with Crippen molar-refractivity contribution >= 4 is 0 Å². The predicted molar refractivity (Wildman–Crippen MR) is 252 cm³/mol. The number of pyridine rings is 1. The van der Waals surface area contributed by atoms with Gasteiger partial charge in [-0.1, -0.05) is 170 Å². The molecule has 0 saturated carbocycles. The van der Waals surface area contributed by atoms with Gasteiger partial charge in [0.15, 0.2) is 11.6 Å². The maximum atomic E-state index is 7.16. The molecule has 0 fully saturated rings. The summed E-state index contributed by atoms with van der Waals surface area (Å²) in [5, 5.41) is 0. The molecule has 0 N–H and O–H groups in total. The summed E-state index contributed by atoms with van der Waals surface area (Å²) >= 11 is 0. The number of ether oxygens (including phenoxy) is 1. The number of aromatic nitrogens is 4. The summed E-state index contributed by atoms with van der Waals surface area (Å²) < 4.78 is 7.16. The molecule has 296 valence electrons. The number of nitrogens with zero attached hydrogens (tertiary/aromatic N) is 4. The highest BCUT2D eigenvalue weighted by atomic mass is 16.5. The van der Waals surface area contributed by atoms with E-state index in [1.807, 2.05) is 18.3 Å². The summed E-state index contributed by atoms with van der Waals surface area (Å²) in [6, 6.07) is 70.8. The monoisotopic (exact) mass is 806 g/mol. The van der Waals surface area contributed by atoms with E-state index in [4.69, 9.17) is 19.7 Å². The van der Waals surface area contributed by atoms with Crippen molar-refractivity contribution in [1.29, 1.82) is 0 Å². The molecule has 3 heterocycles. The van der Waals surface area contributed by atoms with Gasteiger partial charge in [0.1, 0.15) is 17.8 Å². The lowest BCUT2D eigenvalue weighted by atomic mass is 9.65. The van der Waals surface area contributed by atoms with Crippen LogP contribution in [0.2, 0.25) is 0 Å². The lowest BCUT2D eigenvalue weighted by molar-refractivity contribution is 0.438. The maximum Gasteiger partial charge on any atom is 0.163 e. The predicted octanol–water partition coefficient (Wildman–Crippen LogP) is 14.0. The van der Waals surface area contributed by atoms with Gasteiger partial charge in [0.25, 0.3) is 0 Å². The normalized spacial score (nSPS) is 12.8. The Morgan fingerprint density at radius 3 is 1.63 bits per heavy atom. The van der Waals surface area contributed by atoms with Crippen LogP contribution < -0.4 is 4.74 Å². The SMILES string of the molecule is Cc1cnc(-c2ccccc2)cc1-c1ccc(-c2cccc3c2Oc2ccc(-c4ncnc(-c5cccc(-c6ccccc6)c5)n4)cc2C32c3ccccc3-c3ccccc32)cc1. The molecule has 63 heavy (non-hydrogen) atoms. The van der Waals surface area contributed by atoms with E-state index in [1.54, 1.807) is 6.33 Å². The standard InChI is InChI=1S/C58H38N4O/c1-37-35-59-53(41-16-6-3-7-17-41)34-48(37)40-28-26-39(27-29-40)45-22-13-25-51-55(45)63-54-31-30-44(33-52(54)58(51)49-23-10-8-20-46(49)47-21-9-11-24-50(47)58)57-61-36-60-56(62-57)43-19-12-18-42(32-43)38-14-4-2-5-15-38/h2-36H,1H3. The van der Waals surface area contributed by atoms with Crippen molar-refractivity contribution in [3.8, 4) is 90.0 Å². The van der Waals surface area contributed by atoms with Crippen LogP contribution in [0.15, 0.2) is 213 Å². The molecule has 2 aromatic heterocycles. The number of rotatable bonds is 6. The van der Waals surface area contributed by atoms with Crippen molar-refractivity contribution in [2.75, 3.05) is 0 Å². The van der Waals surface area contributed by atoms with E-state index < -0.39 is 5.41 Å². The molecule has 5 nitrogen and oxygen atoms in total. The molecule has 0 saturated heterocycles. The highest BCUT2D eigenvalue weighted by Crippen LogP contribution is 2.63. The summed E-state index contributed by atoms with van der Waals surface area (Å²) in [5.74, 6) is 2.87. The van der Waals surface area contributed by atoms with Gasteiger partial charge >= 0.3 is 0 Å². The minimum atomic E-state index is -0.677. The molecule has 1 aliphatic heterocycles. The fourth-order valence-electron chi connectivity index (χ4n) is 9.76. The number of para-hydroxylation sites is 1. The molecule has 5 heteroatoms. The zero-order chi connectivity index (χ0) is 41.9. The van der Waals surface area contributed by atoms with E-state index in [0.29, 0.717) is 11.6 Å². The van der Waals surface area contributed by atoms with Gasteiger partial charge in [-0.25, -0.2) is 15.0 Å². The van der Waals surface area contributed by atoms with Crippen LogP contribution in [0.3, 0.4) is 0 Å². The summed E-state index contributed by atoms with van der Waals surface area (Å²) in [6.07, 6.45) is 3.58. The van der Waals surface area contributed by atoms with Crippen LogP contribution >= 0.6 is 0 Å². The second-order valence-corrected chi connectivity index (χ2v) is 16.2. The molecule has 0 bridgehead atoms. The van der Waals surface area contributed by atoms with Gasteiger partial charge in [-0.05, 0) is 92.9 Å². The Morgan fingerprint density at radius 1 is 0.381 bits per heavy atom. The van der Waals surface area contributed by atoms with Gasteiger partial charge in [-0.3, -0.25) is 4.98 Å². The van der Waals surface area contributed by atoms with Crippen LogP contribution in [-0.4, -0.2) is 19.9 Å². The fourth-order valence-corrected chi connectivity index (χ4v) is 9.76. The van der Waals surface area contributed by atoms with Crippen LogP contribution in [0.1, 0.15) is 27.8 Å². The zero-order valence-corrected chi connectivity index (χ0v) is 34.4.